The molecule has 0 aliphatic carbocycles. The summed E-state index contributed by atoms with van der Waals surface area (Å²) in [4.78, 5) is -0.935. The Balaban J connectivity index is 1.48. The van der Waals surface area contributed by atoms with Crippen molar-refractivity contribution >= 4 is 41.8 Å². The van der Waals surface area contributed by atoms with Crippen molar-refractivity contribution in [3.63, 3.8) is 0 Å². The van der Waals surface area contributed by atoms with E-state index in [4.69, 9.17) is 0 Å². The summed E-state index contributed by atoms with van der Waals surface area (Å²) < 4.78 is 77.1. The van der Waals surface area contributed by atoms with Gasteiger partial charge in [0.1, 0.15) is 9.79 Å². The summed E-state index contributed by atoms with van der Waals surface area (Å²) in [7, 11) is -10.1. The minimum absolute atomic E-state index is 0.0330. The Bertz CT molecular complexity index is 2650. The predicted octanol–water partition coefficient (Wildman–Crippen LogP) is 10.8. The van der Waals surface area contributed by atoms with Gasteiger partial charge in [0.15, 0.2) is 0 Å². The van der Waals surface area contributed by atoms with E-state index in [0.717, 1.165) is 22.3 Å². The van der Waals surface area contributed by atoms with Crippen LogP contribution < -0.4 is 0 Å². The van der Waals surface area contributed by atoms with Gasteiger partial charge in [-0.2, -0.15) is 16.8 Å². The van der Waals surface area contributed by atoms with Gasteiger partial charge in [-0.05, 0) is 67.1 Å². The molecule has 0 bridgehead atoms. The molecule has 254 valence electrons. The van der Waals surface area contributed by atoms with E-state index in [9.17, 15) is 25.9 Å². The molecule has 0 aliphatic heterocycles. The fraction of sp³-hybridized carbons (Fsp3) is 0. The Kier molecular flexibility index (Phi) is 8.32. The van der Waals surface area contributed by atoms with Crippen LogP contribution in [-0.4, -0.2) is 25.9 Å². The van der Waals surface area contributed by atoms with Crippen molar-refractivity contribution in [2.75, 3.05) is 0 Å². The van der Waals surface area contributed by atoms with Gasteiger partial charge < -0.3 is 0 Å². The zero-order chi connectivity index (χ0) is 36.0. The van der Waals surface area contributed by atoms with Gasteiger partial charge in [-0.25, -0.2) is 0 Å². The summed E-state index contributed by atoms with van der Waals surface area (Å²) in [5.74, 6) is 0. The highest BCUT2D eigenvalue weighted by molar-refractivity contribution is 7.86. The second-order valence-electron chi connectivity index (χ2n) is 12.5. The zero-order valence-electron chi connectivity index (χ0n) is 27.5. The first-order valence-corrected chi connectivity index (χ1v) is 19.3. The number of rotatable bonds is 7. The Labute approximate surface area is 301 Å². The van der Waals surface area contributed by atoms with Crippen LogP contribution in [0.4, 0.5) is 0 Å². The minimum Gasteiger partial charge on any atom is -0.282 e. The van der Waals surface area contributed by atoms with Crippen LogP contribution in [0.5, 0.6) is 0 Å². The van der Waals surface area contributed by atoms with Gasteiger partial charge in [0.2, 0.25) is 0 Å². The van der Waals surface area contributed by atoms with Gasteiger partial charge in [-0.15, -0.1) is 0 Å². The molecule has 8 rings (SSSR count). The molecule has 0 amide bonds. The molecule has 0 unspecified atom stereocenters. The third-order valence-electron chi connectivity index (χ3n) is 9.38. The molecule has 2 N–H and O–H groups in total. The SMILES string of the molecule is O=S(=O)(O)c1c(-c2ccc(-c3ccccc3)cc2)cc2ccccc2c1-c1c(S(=O)(=O)O)c(-c2ccc(-c3ccccc3)cc2)cc2ccccc12. The lowest BCUT2D eigenvalue weighted by Gasteiger charge is -2.22. The van der Waals surface area contributed by atoms with Gasteiger partial charge in [0, 0.05) is 22.3 Å². The van der Waals surface area contributed by atoms with Crippen LogP contribution in [0.3, 0.4) is 0 Å². The third-order valence-corrected chi connectivity index (χ3v) is 11.3. The molecule has 0 radical (unpaired) electrons. The molecule has 0 saturated carbocycles. The molecule has 0 aliphatic rings. The molecule has 0 heterocycles. The van der Waals surface area contributed by atoms with Crippen molar-refractivity contribution < 1.29 is 25.9 Å². The highest BCUT2D eigenvalue weighted by Gasteiger charge is 2.32. The van der Waals surface area contributed by atoms with E-state index in [1.54, 1.807) is 84.9 Å². The Morgan fingerprint density at radius 3 is 0.962 bits per heavy atom. The maximum atomic E-state index is 13.7. The Hall–Kier alpha value is -5.90. The molecule has 0 atom stereocenters. The van der Waals surface area contributed by atoms with Crippen LogP contribution in [0.1, 0.15) is 0 Å². The van der Waals surface area contributed by atoms with Crippen molar-refractivity contribution in [2.24, 2.45) is 0 Å². The molecule has 0 saturated heterocycles. The normalized spacial score (nSPS) is 12.0. The van der Waals surface area contributed by atoms with Gasteiger partial charge in [-0.3, -0.25) is 9.11 Å². The highest BCUT2D eigenvalue weighted by Crippen LogP contribution is 2.49. The fourth-order valence-corrected chi connectivity index (χ4v) is 8.91. The molecule has 0 spiro atoms. The van der Waals surface area contributed by atoms with E-state index in [0.29, 0.717) is 32.7 Å². The maximum Gasteiger partial charge on any atom is 0.295 e. The standard InChI is InChI=1S/C44H30O6S2/c45-51(46,47)43-39(33-23-19-31(20-24-33)29-11-3-1-4-12-29)27-35-15-7-9-17-37(35)41(43)42-38-18-10-8-16-36(38)28-40(44(42)52(48,49)50)34-25-21-32(22-26-34)30-13-5-2-6-14-30/h1-28H,(H,45,46,47)(H,48,49,50). The highest BCUT2D eigenvalue weighted by atomic mass is 32.2. The summed E-state index contributed by atoms with van der Waals surface area (Å²) >= 11 is 0. The molecule has 8 aromatic carbocycles. The molecule has 6 nitrogen and oxygen atoms in total. The van der Waals surface area contributed by atoms with Crippen molar-refractivity contribution in [2.45, 2.75) is 9.79 Å². The monoisotopic (exact) mass is 718 g/mol. The first kappa shape index (κ1) is 33.3. The summed E-state index contributed by atoms with van der Waals surface area (Å²) in [6, 6.07) is 51.4. The molecular weight excluding hydrogens is 689 g/mol. The van der Waals surface area contributed by atoms with Crippen LogP contribution in [0, 0.1) is 0 Å². The molecule has 8 aromatic rings. The number of benzene rings is 8. The summed E-state index contributed by atoms with van der Waals surface area (Å²) in [6.07, 6.45) is 0. The molecule has 8 heteroatoms. The van der Waals surface area contributed by atoms with Crippen LogP contribution in [-0.2, 0) is 20.2 Å². The molecular formula is C44H30O6S2. The van der Waals surface area contributed by atoms with E-state index in [2.05, 4.69) is 0 Å². The average Bonchev–Trinajstić information content (AvgIpc) is 3.16. The van der Waals surface area contributed by atoms with Crippen LogP contribution >= 0.6 is 0 Å². The van der Waals surface area contributed by atoms with Gasteiger partial charge >= 0.3 is 0 Å². The van der Waals surface area contributed by atoms with Crippen LogP contribution in [0.15, 0.2) is 180 Å². The average molecular weight is 719 g/mol. The number of hydrogen-bond donors (Lipinski definition) is 2. The third kappa shape index (κ3) is 6.08. The fourth-order valence-electron chi connectivity index (χ4n) is 7.06. The topological polar surface area (TPSA) is 109 Å². The first-order valence-electron chi connectivity index (χ1n) is 16.5. The summed E-state index contributed by atoms with van der Waals surface area (Å²) in [5, 5.41) is 1.97. The lowest BCUT2D eigenvalue weighted by Crippen LogP contribution is -2.09. The van der Waals surface area contributed by atoms with Crippen molar-refractivity contribution in [3.05, 3.63) is 170 Å². The zero-order valence-corrected chi connectivity index (χ0v) is 29.1. The van der Waals surface area contributed by atoms with E-state index < -0.39 is 30.0 Å². The molecule has 52 heavy (non-hydrogen) atoms. The van der Waals surface area contributed by atoms with Crippen molar-refractivity contribution in [1.29, 1.82) is 0 Å². The predicted molar refractivity (Wildman–Crippen MR) is 208 cm³/mol. The van der Waals surface area contributed by atoms with E-state index in [1.807, 2.05) is 84.9 Å². The largest absolute Gasteiger partial charge is 0.295 e. The smallest absolute Gasteiger partial charge is 0.282 e. The van der Waals surface area contributed by atoms with Crippen molar-refractivity contribution in [1.82, 2.24) is 0 Å². The van der Waals surface area contributed by atoms with E-state index in [1.165, 1.54) is 0 Å². The van der Waals surface area contributed by atoms with Gasteiger partial charge in [-0.1, -0.05) is 158 Å². The lowest BCUT2D eigenvalue weighted by molar-refractivity contribution is 0.480. The summed E-state index contributed by atoms with van der Waals surface area (Å²) in [5.41, 5.74) is 5.03. The second kappa shape index (κ2) is 13.0. The van der Waals surface area contributed by atoms with Crippen LogP contribution in [0.2, 0.25) is 0 Å². The second-order valence-corrected chi connectivity index (χ2v) is 15.3. The Morgan fingerprint density at radius 2 is 0.615 bits per heavy atom. The van der Waals surface area contributed by atoms with E-state index >= 15 is 0 Å². The maximum absolute atomic E-state index is 13.7. The van der Waals surface area contributed by atoms with Gasteiger partial charge in [0.05, 0.1) is 0 Å². The lowest BCUT2D eigenvalue weighted by atomic mass is 9.87. The quantitative estimate of drug-likeness (QED) is 0.159. The van der Waals surface area contributed by atoms with E-state index in [-0.39, 0.29) is 22.3 Å². The van der Waals surface area contributed by atoms with Crippen LogP contribution in [0.25, 0.3) is 77.2 Å². The number of hydrogen-bond acceptors (Lipinski definition) is 4. The molecule has 0 aromatic heterocycles. The first-order chi connectivity index (χ1) is 25.1. The van der Waals surface area contributed by atoms with Gasteiger partial charge in [0.25, 0.3) is 20.2 Å². The van der Waals surface area contributed by atoms with Crippen molar-refractivity contribution in [3.8, 4) is 55.6 Å². The Morgan fingerprint density at radius 1 is 0.327 bits per heavy atom. The minimum atomic E-state index is -5.04. The molecule has 0 fully saturated rings. The number of fused-ring (bicyclic) bond motifs is 2. The summed E-state index contributed by atoms with van der Waals surface area (Å²) in [6.45, 7) is 0.